The average Bonchev–Trinajstić information content (AvgIpc) is 2.18. The summed E-state index contributed by atoms with van der Waals surface area (Å²) in [5.74, 6) is 0.656. The van der Waals surface area contributed by atoms with Gasteiger partial charge in [-0.15, -0.1) is 0 Å². The highest BCUT2D eigenvalue weighted by Crippen LogP contribution is 2.19. The van der Waals surface area contributed by atoms with Gasteiger partial charge in [-0.3, -0.25) is 4.90 Å². The molecule has 16 heavy (non-hydrogen) atoms. The summed E-state index contributed by atoms with van der Waals surface area (Å²) < 4.78 is 0. The summed E-state index contributed by atoms with van der Waals surface area (Å²) in [6.45, 7) is 15.0. The monoisotopic (exact) mass is 227 g/mol. The number of carbonyl (C=O) groups is 1. The van der Waals surface area contributed by atoms with Gasteiger partial charge in [0.05, 0.1) is 0 Å². The van der Waals surface area contributed by atoms with Crippen molar-refractivity contribution in [3.05, 3.63) is 0 Å². The highest BCUT2D eigenvalue weighted by Gasteiger charge is 2.25. The molecule has 0 heterocycles. The van der Waals surface area contributed by atoms with Gasteiger partial charge in [0, 0.05) is 24.5 Å². The molecule has 0 unspecified atom stereocenters. The number of rotatable bonds is 8. The second kappa shape index (κ2) is 7.05. The van der Waals surface area contributed by atoms with Crippen molar-refractivity contribution in [1.82, 2.24) is 4.90 Å². The molecule has 0 radical (unpaired) electrons. The summed E-state index contributed by atoms with van der Waals surface area (Å²) >= 11 is 0. The quantitative estimate of drug-likeness (QED) is 0.593. The smallest absolute Gasteiger partial charge is 0.126 e. The van der Waals surface area contributed by atoms with Gasteiger partial charge in [-0.2, -0.15) is 0 Å². The Bertz CT molecular complexity index is 195. The Morgan fingerprint density at radius 3 is 2.00 bits per heavy atom. The zero-order valence-electron chi connectivity index (χ0n) is 11.9. The van der Waals surface area contributed by atoms with E-state index in [1.807, 2.05) is 13.8 Å². The van der Waals surface area contributed by atoms with E-state index in [1.54, 1.807) is 0 Å². The van der Waals surface area contributed by atoms with Crippen LogP contribution in [0.5, 0.6) is 0 Å². The highest BCUT2D eigenvalue weighted by atomic mass is 16.1. The van der Waals surface area contributed by atoms with Crippen molar-refractivity contribution in [2.45, 2.75) is 60.4 Å². The molecule has 96 valence electrons. The minimum atomic E-state index is -0.225. The lowest BCUT2D eigenvalue weighted by atomic mass is 9.93. The van der Waals surface area contributed by atoms with E-state index in [-0.39, 0.29) is 5.41 Å². The molecule has 0 aliphatic carbocycles. The molecule has 0 N–H and O–H groups in total. The molecular formula is C14H29NO. The predicted molar refractivity (Wildman–Crippen MR) is 70.6 cm³/mol. The van der Waals surface area contributed by atoms with Crippen LogP contribution in [0.4, 0.5) is 0 Å². The summed E-state index contributed by atoms with van der Waals surface area (Å²) in [5, 5.41) is 0. The summed E-state index contributed by atoms with van der Waals surface area (Å²) in [7, 11) is 0. The number of aldehydes is 1. The van der Waals surface area contributed by atoms with E-state index in [2.05, 4.69) is 32.6 Å². The number of hydrogen-bond acceptors (Lipinski definition) is 2. The zero-order chi connectivity index (χ0) is 12.8. The van der Waals surface area contributed by atoms with Gasteiger partial charge in [-0.1, -0.05) is 41.5 Å². The van der Waals surface area contributed by atoms with Crippen LogP contribution in [-0.4, -0.2) is 30.3 Å². The summed E-state index contributed by atoms with van der Waals surface area (Å²) in [5.41, 5.74) is -0.225. The molecule has 0 aromatic rings. The van der Waals surface area contributed by atoms with E-state index in [0.717, 1.165) is 32.2 Å². The maximum Gasteiger partial charge on any atom is 0.126 e. The van der Waals surface area contributed by atoms with Crippen LogP contribution in [0.1, 0.15) is 54.4 Å². The standard InChI is InChI=1S/C14H29NO/c1-7-13(8-2)15(9-12(3)4)10-14(5,6)11-16/h11-13H,7-10H2,1-6H3. The van der Waals surface area contributed by atoms with E-state index in [1.165, 1.54) is 0 Å². The van der Waals surface area contributed by atoms with Gasteiger partial charge >= 0.3 is 0 Å². The van der Waals surface area contributed by atoms with Crippen LogP contribution in [0.15, 0.2) is 0 Å². The van der Waals surface area contributed by atoms with Gasteiger partial charge in [0.2, 0.25) is 0 Å². The van der Waals surface area contributed by atoms with Gasteiger partial charge in [0.1, 0.15) is 6.29 Å². The Morgan fingerprint density at radius 1 is 1.19 bits per heavy atom. The maximum atomic E-state index is 11.0. The zero-order valence-corrected chi connectivity index (χ0v) is 11.9. The third kappa shape index (κ3) is 5.64. The van der Waals surface area contributed by atoms with Gasteiger partial charge in [0.25, 0.3) is 0 Å². The Hall–Kier alpha value is -0.370. The molecule has 0 spiro atoms. The summed E-state index contributed by atoms with van der Waals surface area (Å²) in [6, 6.07) is 0.613. The van der Waals surface area contributed by atoms with Gasteiger partial charge in [0.15, 0.2) is 0 Å². The predicted octanol–water partition coefficient (Wildman–Crippen LogP) is 3.36. The number of hydrogen-bond donors (Lipinski definition) is 0. The molecule has 0 amide bonds. The Morgan fingerprint density at radius 2 is 1.69 bits per heavy atom. The average molecular weight is 227 g/mol. The molecule has 0 saturated heterocycles. The lowest BCUT2D eigenvalue weighted by molar-refractivity contribution is -0.116. The lowest BCUT2D eigenvalue weighted by Gasteiger charge is -2.36. The fourth-order valence-corrected chi connectivity index (χ4v) is 2.18. The number of carbonyl (C=O) groups excluding carboxylic acids is 1. The minimum absolute atomic E-state index is 0.225. The van der Waals surface area contributed by atoms with Crippen molar-refractivity contribution in [2.75, 3.05) is 13.1 Å². The van der Waals surface area contributed by atoms with Crippen molar-refractivity contribution in [2.24, 2.45) is 11.3 Å². The normalized spacial score (nSPS) is 12.8. The molecule has 0 aliphatic heterocycles. The first-order valence-electron chi connectivity index (χ1n) is 6.56. The molecule has 0 saturated carbocycles. The van der Waals surface area contributed by atoms with Crippen LogP contribution in [0.3, 0.4) is 0 Å². The Balaban J connectivity index is 4.59. The molecule has 0 aromatic carbocycles. The minimum Gasteiger partial charge on any atom is -0.303 e. The van der Waals surface area contributed by atoms with Crippen LogP contribution in [0, 0.1) is 11.3 Å². The first kappa shape index (κ1) is 15.6. The van der Waals surface area contributed by atoms with E-state index in [9.17, 15) is 4.79 Å². The second-order valence-corrected chi connectivity index (χ2v) is 5.90. The van der Waals surface area contributed by atoms with Crippen molar-refractivity contribution >= 4 is 6.29 Å². The van der Waals surface area contributed by atoms with E-state index >= 15 is 0 Å². The Kier molecular flexibility index (Phi) is 6.89. The fourth-order valence-electron chi connectivity index (χ4n) is 2.18. The van der Waals surface area contributed by atoms with Gasteiger partial charge in [-0.25, -0.2) is 0 Å². The highest BCUT2D eigenvalue weighted by molar-refractivity contribution is 5.58. The molecular weight excluding hydrogens is 198 g/mol. The summed E-state index contributed by atoms with van der Waals surface area (Å²) in [4.78, 5) is 13.5. The SMILES string of the molecule is CCC(CC)N(CC(C)C)CC(C)(C)C=O. The maximum absolute atomic E-state index is 11.0. The van der Waals surface area contributed by atoms with Crippen LogP contribution in [0.2, 0.25) is 0 Å². The molecule has 0 aliphatic rings. The first-order valence-corrected chi connectivity index (χ1v) is 6.56. The number of nitrogens with zero attached hydrogens (tertiary/aromatic N) is 1. The molecule has 2 nitrogen and oxygen atoms in total. The van der Waals surface area contributed by atoms with E-state index < -0.39 is 0 Å². The van der Waals surface area contributed by atoms with Crippen molar-refractivity contribution in [3.8, 4) is 0 Å². The molecule has 0 fully saturated rings. The summed E-state index contributed by atoms with van der Waals surface area (Å²) in [6.07, 6.45) is 3.42. The Labute approximate surface area is 101 Å². The largest absolute Gasteiger partial charge is 0.303 e. The molecule has 0 rings (SSSR count). The van der Waals surface area contributed by atoms with Crippen LogP contribution in [-0.2, 0) is 4.79 Å². The molecule has 2 heteroatoms. The second-order valence-electron chi connectivity index (χ2n) is 5.90. The van der Waals surface area contributed by atoms with E-state index in [4.69, 9.17) is 0 Å². The first-order chi connectivity index (χ1) is 7.36. The molecule has 0 aromatic heterocycles. The van der Waals surface area contributed by atoms with Crippen molar-refractivity contribution < 1.29 is 4.79 Å². The third-order valence-corrected chi connectivity index (χ3v) is 2.99. The van der Waals surface area contributed by atoms with Gasteiger partial charge < -0.3 is 4.79 Å². The molecule has 0 bridgehead atoms. The van der Waals surface area contributed by atoms with Crippen molar-refractivity contribution in [3.63, 3.8) is 0 Å². The third-order valence-electron chi connectivity index (χ3n) is 2.99. The van der Waals surface area contributed by atoms with Crippen LogP contribution >= 0.6 is 0 Å². The van der Waals surface area contributed by atoms with Crippen LogP contribution < -0.4 is 0 Å². The van der Waals surface area contributed by atoms with Crippen LogP contribution in [0.25, 0.3) is 0 Å². The lowest BCUT2D eigenvalue weighted by Crippen LogP contribution is -2.43. The van der Waals surface area contributed by atoms with Gasteiger partial charge in [-0.05, 0) is 18.8 Å². The van der Waals surface area contributed by atoms with E-state index in [0.29, 0.717) is 12.0 Å². The fraction of sp³-hybridized carbons (Fsp3) is 0.929. The van der Waals surface area contributed by atoms with Crippen molar-refractivity contribution in [1.29, 1.82) is 0 Å². The topological polar surface area (TPSA) is 20.3 Å². The molecule has 0 atom stereocenters.